The first kappa shape index (κ1) is 39.7. The first-order chi connectivity index (χ1) is 28.6. The molecule has 1 atom stereocenters. The van der Waals surface area contributed by atoms with Crippen molar-refractivity contribution < 1.29 is 28.8 Å². The fourth-order valence-electron chi connectivity index (χ4n) is 9.12. The molecule has 2 fully saturated rings. The van der Waals surface area contributed by atoms with E-state index < -0.39 is 11.6 Å². The standard InChI is InChI=1S/C45H52N8O6/c1-56-36-23-32-34(25-38(36)58-3)48-42(49-40(32)46)53-35-26-39(59-4)37(57-2)24-33(35)45(47,28-30-13-9-6-10-14-30)50-43(53)51-21-17-44(18-22-51,27-29-11-7-5-8-12-29)52-19-15-31(16-20-52)41(54)55/h5-14,23-26,31H,15-22,27-28,47H2,1-4H3,(H,54,55)(H2,46,48,49). The zero-order valence-corrected chi connectivity index (χ0v) is 34.1. The van der Waals surface area contributed by atoms with Crippen molar-refractivity contribution in [1.82, 2.24) is 19.8 Å². The van der Waals surface area contributed by atoms with Crippen LogP contribution in [0.3, 0.4) is 0 Å². The van der Waals surface area contributed by atoms with Crippen molar-refractivity contribution in [3.05, 3.63) is 102 Å². The predicted molar refractivity (Wildman–Crippen MR) is 228 cm³/mol. The molecule has 0 amide bonds. The van der Waals surface area contributed by atoms with E-state index >= 15 is 0 Å². The number of carboxylic acid groups (broad SMARTS) is 1. The van der Waals surface area contributed by atoms with E-state index in [2.05, 4.69) is 46.2 Å². The van der Waals surface area contributed by atoms with Gasteiger partial charge in [-0.3, -0.25) is 9.69 Å². The van der Waals surface area contributed by atoms with Crippen molar-refractivity contribution in [2.24, 2.45) is 16.6 Å². The molecule has 5 aromatic rings. The van der Waals surface area contributed by atoms with E-state index in [-0.39, 0.29) is 17.3 Å². The monoisotopic (exact) mass is 800 g/mol. The topological polar surface area (TPSA) is 174 Å². The number of ether oxygens (including phenoxy) is 4. The summed E-state index contributed by atoms with van der Waals surface area (Å²) in [5.74, 6) is 2.14. The van der Waals surface area contributed by atoms with Gasteiger partial charge >= 0.3 is 5.97 Å². The minimum absolute atomic E-state index is 0.195. The number of aliphatic imine (C=N–C) groups is 1. The number of methoxy groups -OCH3 is 4. The SMILES string of the molecule is COc1cc2c(cc1OC)C(N)(Cc1ccccc1)N=C(N1CCC(Cc3ccccc3)(N3CCC(C(=O)O)CC3)CC1)N2c1nc(N)c2cc(OC)c(OC)cc2n1. The molecule has 14 nitrogen and oxygen atoms in total. The summed E-state index contributed by atoms with van der Waals surface area (Å²) >= 11 is 0. The molecule has 4 aromatic carbocycles. The second kappa shape index (κ2) is 16.3. The van der Waals surface area contributed by atoms with Crippen LogP contribution in [0.2, 0.25) is 0 Å². The largest absolute Gasteiger partial charge is 0.493 e. The molecule has 1 aromatic heterocycles. The van der Waals surface area contributed by atoms with E-state index in [9.17, 15) is 9.90 Å². The lowest BCUT2D eigenvalue weighted by Gasteiger charge is -2.52. The Hall–Kier alpha value is -6.12. The van der Waals surface area contributed by atoms with Crippen LogP contribution in [-0.4, -0.2) is 97.0 Å². The molecule has 59 heavy (non-hydrogen) atoms. The van der Waals surface area contributed by atoms with Crippen molar-refractivity contribution in [3.8, 4) is 23.0 Å². The summed E-state index contributed by atoms with van der Waals surface area (Å²) in [6.45, 7) is 2.74. The molecule has 5 N–H and O–H groups in total. The van der Waals surface area contributed by atoms with Gasteiger partial charge in [0, 0.05) is 48.1 Å². The number of aromatic nitrogens is 2. The molecule has 0 spiro atoms. The Kier molecular flexibility index (Phi) is 10.9. The lowest BCUT2D eigenvalue weighted by molar-refractivity contribution is -0.144. The fourth-order valence-corrected chi connectivity index (χ4v) is 9.12. The Bertz CT molecular complexity index is 2350. The van der Waals surface area contributed by atoms with Crippen molar-refractivity contribution in [2.45, 2.75) is 49.7 Å². The predicted octanol–water partition coefficient (Wildman–Crippen LogP) is 5.98. The lowest BCUT2D eigenvalue weighted by atomic mass is 9.78. The van der Waals surface area contributed by atoms with Gasteiger partial charge in [-0.05, 0) is 68.5 Å². The number of anilines is 3. The summed E-state index contributed by atoms with van der Waals surface area (Å²) in [6.07, 6.45) is 4.11. The van der Waals surface area contributed by atoms with Gasteiger partial charge in [0.2, 0.25) is 11.9 Å². The van der Waals surface area contributed by atoms with E-state index in [1.165, 1.54) is 5.56 Å². The number of benzene rings is 4. The molecule has 3 aliphatic rings. The summed E-state index contributed by atoms with van der Waals surface area (Å²) in [5.41, 5.74) is 17.1. The highest BCUT2D eigenvalue weighted by Crippen LogP contribution is 2.47. The third kappa shape index (κ3) is 7.54. The Balaban J connectivity index is 1.26. The van der Waals surface area contributed by atoms with Gasteiger partial charge in [-0.2, -0.15) is 4.98 Å². The van der Waals surface area contributed by atoms with Crippen molar-refractivity contribution >= 4 is 40.3 Å². The number of hydrogen-bond acceptors (Lipinski definition) is 13. The maximum absolute atomic E-state index is 12.0. The maximum atomic E-state index is 12.0. The highest BCUT2D eigenvalue weighted by Gasteiger charge is 2.46. The van der Waals surface area contributed by atoms with Crippen molar-refractivity contribution in [2.75, 3.05) is 65.3 Å². The number of piperidine rings is 2. The van der Waals surface area contributed by atoms with Crippen LogP contribution in [0.5, 0.6) is 23.0 Å². The Morgan fingerprint density at radius 3 is 1.92 bits per heavy atom. The summed E-state index contributed by atoms with van der Waals surface area (Å²) in [6, 6.07) is 28.0. The van der Waals surface area contributed by atoms with Gasteiger partial charge in [0.05, 0.1) is 45.6 Å². The van der Waals surface area contributed by atoms with E-state index in [4.69, 9.17) is 45.4 Å². The summed E-state index contributed by atoms with van der Waals surface area (Å²) in [4.78, 5) is 34.3. The number of carboxylic acids is 1. The third-order valence-corrected chi connectivity index (χ3v) is 12.3. The molecule has 1 unspecified atom stereocenters. The second-order valence-corrected chi connectivity index (χ2v) is 15.7. The van der Waals surface area contributed by atoms with Crippen LogP contribution < -0.4 is 35.3 Å². The second-order valence-electron chi connectivity index (χ2n) is 15.7. The molecule has 8 rings (SSSR count). The number of rotatable bonds is 11. The average molecular weight is 801 g/mol. The highest BCUT2D eigenvalue weighted by atomic mass is 16.5. The van der Waals surface area contributed by atoms with Crippen molar-refractivity contribution in [1.29, 1.82) is 0 Å². The van der Waals surface area contributed by atoms with Gasteiger partial charge in [0.25, 0.3) is 0 Å². The van der Waals surface area contributed by atoms with Gasteiger partial charge in [-0.15, -0.1) is 0 Å². The molecule has 2 saturated heterocycles. The third-order valence-electron chi connectivity index (χ3n) is 12.3. The van der Waals surface area contributed by atoms with E-state index in [1.807, 2.05) is 41.3 Å². The Labute approximate surface area is 344 Å². The number of likely N-dealkylation sites (tertiary alicyclic amines) is 2. The first-order valence-electron chi connectivity index (χ1n) is 20.0. The maximum Gasteiger partial charge on any atom is 0.306 e. The van der Waals surface area contributed by atoms with Crippen LogP contribution in [0.15, 0.2) is 89.9 Å². The zero-order valence-electron chi connectivity index (χ0n) is 34.1. The fraction of sp³-hybridized carbons (Fsp3) is 0.378. The number of guanidine groups is 1. The van der Waals surface area contributed by atoms with Gasteiger partial charge < -0.3 is 40.4 Å². The number of aliphatic carboxylic acids is 1. The van der Waals surface area contributed by atoms with E-state index in [1.54, 1.807) is 40.6 Å². The Morgan fingerprint density at radius 2 is 1.32 bits per heavy atom. The highest BCUT2D eigenvalue weighted by molar-refractivity contribution is 6.05. The molecule has 3 aliphatic heterocycles. The van der Waals surface area contributed by atoms with Crippen LogP contribution in [0.4, 0.5) is 17.5 Å². The molecule has 14 heteroatoms. The van der Waals surface area contributed by atoms with Crippen molar-refractivity contribution in [3.63, 3.8) is 0 Å². The minimum Gasteiger partial charge on any atom is -0.493 e. The summed E-state index contributed by atoms with van der Waals surface area (Å²) < 4.78 is 23.0. The average Bonchev–Trinajstić information content (AvgIpc) is 3.26. The number of fused-ring (bicyclic) bond motifs is 2. The molecular formula is C45H52N8O6. The minimum atomic E-state index is -1.24. The molecular weight excluding hydrogens is 749 g/mol. The smallest absolute Gasteiger partial charge is 0.306 e. The molecule has 0 bridgehead atoms. The van der Waals surface area contributed by atoms with Gasteiger partial charge in [-0.1, -0.05) is 60.7 Å². The molecule has 4 heterocycles. The van der Waals surface area contributed by atoms with Crippen LogP contribution >= 0.6 is 0 Å². The number of nitrogens with two attached hydrogens (primary N) is 2. The lowest BCUT2D eigenvalue weighted by Crippen LogP contribution is -2.61. The first-order valence-corrected chi connectivity index (χ1v) is 20.0. The van der Waals surface area contributed by atoms with Gasteiger partial charge in [0.15, 0.2) is 23.0 Å². The van der Waals surface area contributed by atoms with Gasteiger partial charge in [-0.25, -0.2) is 14.9 Å². The van der Waals surface area contributed by atoms with E-state index in [0.717, 1.165) is 37.9 Å². The van der Waals surface area contributed by atoms with Crippen LogP contribution in [-0.2, 0) is 23.3 Å². The molecule has 0 radical (unpaired) electrons. The Morgan fingerprint density at radius 1 is 0.763 bits per heavy atom. The number of carbonyl (C=O) groups is 1. The zero-order chi connectivity index (χ0) is 41.3. The molecule has 0 saturated carbocycles. The quantitative estimate of drug-likeness (QED) is 0.143. The van der Waals surface area contributed by atoms with E-state index in [0.29, 0.717) is 89.4 Å². The normalized spacial score (nSPS) is 19.5. The van der Waals surface area contributed by atoms with Crippen LogP contribution in [0.1, 0.15) is 42.4 Å². The van der Waals surface area contributed by atoms with Crippen LogP contribution in [0.25, 0.3) is 10.9 Å². The van der Waals surface area contributed by atoms with Crippen LogP contribution in [0, 0.1) is 5.92 Å². The molecule has 0 aliphatic carbocycles. The number of nitrogen functional groups attached to an aromatic ring is 1. The number of nitrogens with zero attached hydrogens (tertiary/aromatic N) is 6. The number of hydrogen-bond donors (Lipinski definition) is 3. The summed E-state index contributed by atoms with van der Waals surface area (Å²) in [5, 5.41) is 10.4. The van der Waals surface area contributed by atoms with Gasteiger partial charge in [0.1, 0.15) is 11.5 Å². The summed E-state index contributed by atoms with van der Waals surface area (Å²) in [7, 11) is 6.36. The molecule has 308 valence electrons.